The van der Waals surface area contributed by atoms with E-state index >= 15 is 17.6 Å². The summed E-state index contributed by atoms with van der Waals surface area (Å²) in [6.45, 7) is 2.36. The first-order chi connectivity index (χ1) is 19.7. The van der Waals surface area contributed by atoms with Crippen molar-refractivity contribution in [1.29, 1.82) is 0 Å². The Hall–Kier alpha value is -3.26. The molecule has 0 saturated heterocycles. The summed E-state index contributed by atoms with van der Waals surface area (Å²) < 4.78 is 171. The molecule has 0 atom stereocenters. The van der Waals surface area contributed by atoms with Gasteiger partial charge in [-0.2, -0.15) is 52.7 Å². The van der Waals surface area contributed by atoms with E-state index in [1.165, 1.54) is 26.0 Å². The molecule has 43 heavy (non-hydrogen) atoms. The van der Waals surface area contributed by atoms with Crippen molar-refractivity contribution in [2.45, 2.75) is 44.0 Å². The zero-order valence-electron chi connectivity index (χ0n) is 21.6. The molecule has 0 N–H and O–H groups in total. The molecule has 0 amide bonds. The molecule has 0 spiro atoms. The Morgan fingerprint density at radius 3 is 1.21 bits per heavy atom. The van der Waals surface area contributed by atoms with Crippen LogP contribution in [0.1, 0.15) is 32.0 Å². The van der Waals surface area contributed by atoms with E-state index in [1.54, 1.807) is 0 Å². The maximum absolute atomic E-state index is 15.4. The summed E-state index contributed by atoms with van der Waals surface area (Å²) in [6.07, 6.45) is -9.51. The number of allylic oxidation sites excluding steroid dienone is 2. The highest BCUT2D eigenvalue weighted by atomic mass is 32.1. The molecule has 1 aliphatic carbocycles. The zero-order valence-corrected chi connectivity index (χ0v) is 23.3. The number of alkyl halides is 12. The predicted octanol–water partition coefficient (Wildman–Crippen LogP) is 11.6. The van der Waals surface area contributed by atoms with E-state index in [0.29, 0.717) is 34.8 Å². The molecular formula is C29H16F12S2. The summed E-state index contributed by atoms with van der Waals surface area (Å²) in [5.41, 5.74) is -7.17. The number of aryl methyl sites for hydroxylation is 2. The van der Waals surface area contributed by atoms with Crippen LogP contribution in [-0.4, -0.2) is 17.8 Å². The fraction of sp³-hybridized carbons (Fsp3) is 0.241. The predicted molar refractivity (Wildman–Crippen MR) is 141 cm³/mol. The molecule has 0 nitrogen and oxygen atoms in total. The lowest BCUT2D eigenvalue weighted by atomic mass is 9.94. The van der Waals surface area contributed by atoms with Gasteiger partial charge in [0.2, 0.25) is 0 Å². The fourth-order valence-corrected chi connectivity index (χ4v) is 6.92. The monoisotopic (exact) mass is 656 g/mol. The first kappa shape index (κ1) is 31.2. The van der Waals surface area contributed by atoms with Gasteiger partial charge in [-0.3, -0.25) is 0 Å². The third kappa shape index (κ3) is 4.95. The molecule has 4 aromatic rings. The molecule has 1 aliphatic rings. The maximum atomic E-state index is 15.4. The van der Waals surface area contributed by atoms with E-state index < -0.39 is 63.5 Å². The van der Waals surface area contributed by atoms with Gasteiger partial charge in [0.25, 0.3) is 0 Å². The largest absolute Gasteiger partial charge is 0.416 e. The third-order valence-electron chi connectivity index (χ3n) is 6.99. The Morgan fingerprint density at radius 2 is 0.884 bits per heavy atom. The maximum Gasteiger partial charge on any atom is 0.416 e. The van der Waals surface area contributed by atoms with Gasteiger partial charge in [0.1, 0.15) is 0 Å². The Balaban J connectivity index is 1.73. The van der Waals surface area contributed by atoms with E-state index in [9.17, 15) is 35.1 Å². The van der Waals surface area contributed by atoms with Gasteiger partial charge >= 0.3 is 30.1 Å². The second-order valence-electron chi connectivity index (χ2n) is 9.79. The first-order valence-electron chi connectivity index (χ1n) is 12.1. The van der Waals surface area contributed by atoms with E-state index in [4.69, 9.17) is 0 Å². The lowest BCUT2D eigenvalue weighted by molar-refractivity contribution is -0.254. The average Bonchev–Trinajstić information content (AvgIpc) is 3.50. The summed E-state index contributed by atoms with van der Waals surface area (Å²) >= 11 is 1.31. The standard InChI is InChI=1S/C29H16F12S2/c1-13-19(11-21(42-13)15-5-3-7-17(9-15)27(34,35)36)23-24(26(32,33)29(40,41)25(23,30)31)20-12-22(43-14(20)2)16-6-4-8-18(10-16)28(37,38)39/h3-12H,1-2H3. The van der Waals surface area contributed by atoms with Gasteiger partial charge in [0.15, 0.2) is 0 Å². The molecule has 0 bridgehead atoms. The number of hydrogen-bond donors (Lipinski definition) is 0. The van der Waals surface area contributed by atoms with Gasteiger partial charge in [-0.15, -0.1) is 22.7 Å². The topological polar surface area (TPSA) is 0 Å². The minimum Gasteiger partial charge on any atom is -0.194 e. The van der Waals surface area contributed by atoms with Crippen molar-refractivity contribution in [1.82, 2.24) is 0 Å². The molecule has 0 saturated carbocycles. The van der Waals surface area contributed by atoms with Crippen LogP contribution in [-0.2, 0) is 12.4 Å². The lowest BCUT2D eigenvalue weighted by Gasteiger charge is -2.25. The number of hydrogen-bond acceptors (Lipinski definition) is 2. The summed E-state index contributed by atoms with van der Waals surface area (Å²) in [6, 6.07) is 9.23. The van der Waals surface area contributed by atoms with Crippen LogP contribution < -0.4 is 0 Å². The van der Waals surface area contributed by atoms with Gasteiger partial charge < -0.3 is 0 Å². The molecule has 2 aromatic heterocycles. The van der Waals surface area contributed by atoms with Gasteiger partial charge in [-0.1, -0.05) is 24.3 Å². The average molecular weight is 657 g/mol. The van der Waals surface area contributed by atoms with Crippen LogP contribution in [0.4, 0.5) is 52.7 Å². The molecule has 5 rings (SSSR count). The molecule has 2 heterocycles. The number of halogens is 12. The van der Waals surface area contributed by atoms with Crippen molar-refractivity contribution in [2.24, 2.45) is 0 Å². The molecule has 14 heteroatoms. The van der Waals surface area contributed by atoms with Gasteiger partial charge in [0.05, 0.1) is 11.1 Å². The quantitative estimate of drug-likeness (QED) is 0.192. The van der Waals surface area contributed by atoms with Crippen LogP contribution in [0.25, 0.3) is 32.0 Å². The Morgan fingerprint density at radius 1 is 0.535 bits per heavy atom. The van der Waals surface area contributed by atoms with E-state index in [-0.39, 0.29) is 30.6 Å². The second-order valence-corrected chi connectivity index (χ2v) is 12.3. The van der Waals surface area contributed by atoms with Crippen LogP contribution >= 0.6 is 22.7 Å². The SMILES string of the molecule is Cc1sc(-c2cccc(C(F)(F)F)c2)cc1C1=C(c2cc(-c3cccc(C(F)(F)F)c3)sc2C)C(F)(F)C(F)(F)C1(F)F. The summed E-state index contributed by atoms with van der Waals surface area (Å²) in [4.78, 5) is -0.406. The normalized spacial score (nSPS) is 18.0. The van der Waals surface area contributed by atoms with Crippen molar-refractivity contribution in [3.05, 3.63) is 92.7 Å². The van der Waals surface area contributed by atoms with E-state index in [0.717, 1.165) is 36.4 Å². The van der Waals surface area contributed by atoms with Gasteiger partial charge in [0, 0.05) is 30.7 Å². The molecule has 0 fully saturated rings. The van der Waals surface area contributed by atoms with E-state index in [2.05, 4.69) is 0 Å². The highest BCUT2D eigenvalue weighted by Gasteiger charge is 2.80. The smallest absolute Gasteiger partial charge is 0.194 e. The molecule has 228 valence electrons. The molecule has 0 unspecified atom stereocenters. The van der Waals surface area contributed by atoms with Crippen LogP contribution in [0.2, 0.25) is 0 Å². The van der Waals surface area contributed by atoms with Crippen LogP contribution in [0.15, 0.2) is 60.7 Å². The molecule has 0 radical (unpaired) electrons. The van der Waals surface area contributed by atoms with Crippen LogP contribution in [0.3, 0.4) is 0 Å². The third-order valence-corrected chi connectivity index (χ3v) is 9.19. The van der Waals surface area contributed by atoms with Crippen molar-refractivity contribution in [3.63, 3.8) is 0 Å². The summed E-state index contributed by atoms with van der Waals surface area (Å²) in [7, 11) is 0. The fourth-order valence-electron chi connectivity index (χ4n) is 4.88. The number of benzene rings is 2. The Kier molecular flexibility index (Phi) is 7.16. The molecule has 2 aromatic carbocycles. The second kappa shape index (κ2) is 9.88. The minimum absolute atomic E-state index is 0.0634. The highest BCUT2D eigenvalue weighted by molar-refractivity contribution is 7.16. The van der Waals surface area contributed by atoms with Crippen molar-refractivity contribution < 1.29 is 52.7 Å². The number of rotatable bonds is 4. The number of thiophene rings is 2. The van der Waals surface area contributed by atoms with E-state index in [1.807, 2.05) is 0 Å². The lowest BCUT2D eigenvalue weighted by Crippen LogP contribution is -2.48. The van der Waals surface area contributed by atoms with Gasteiger partial charge in [-0.05, 0) is 72.5 Å². The van der Waals surface area contributed by atoms with Crippen molar-refractivity contribution in [2.75, 3.05) is 0 Å². The molecular weight excluding hydrogens is 640 g/mol. The zero-order chi connectivity index (χ0) is 31.9. The Labute approximate surface area is 243 Å². The highest BCUT2D eigenvalue weighted by Crippen LogP contribution is 2.66. The minimum atomic E-state index is -5.90. The van der Waals surface area contributed by atoms with Gasteiger partial charge in [-0.25, -0.2) is 0 Å². The van der Waals surface area contributed by atoms with Crippen LogP contribution in [0, 0.1) is 13.8 Å². The van der Waals surface area contributed by atoms with Crippen molar-refractivity contribution >= 4 is 33.8 Å². The summed E-state index contributed by atoms with van der Waals surface area (Å²) in [5, 5.41) is 0. The summed E-state index contributed by atoms with van der Waals surface area (Å²) in [5.74, 6) is -16.7. The molecule has 0 aliphatic heterocycles. The van der Waals surface area contributed by atoms with Crippen molar-refractivity contribution in [3.8, 4) is 20.9 Å². The Bertz CT molecular complexity index is 1620. The van der Waals surface area contributed by atoms with Crippen LogP contribution in [0.5, 0.6) is 0 Å². The first-order valence-corrected chi connectivity index (χ1v) is 13.8.